The molecule has 0 spiro atoms. The number of carboxylic acids is 1. The minimum Gasteiger partial charge on any atom is -0.481 e. The van der Waals surface area contributed by atoms with E-state index in [2.05, 4.69) is 10.6 Å². The van der Waals surface area contributed by atoms with Crippen molar-refractivity contribution >= 4 is 17.9 Å². The second-order valence-corrected chi connectivity index (χ2v) is 5.20. The maximum atomic E-state index is 11.5. The van der Waals surface area contributed by atoms with Crippen LogP contribution in [0.15, 0.2) is 0 Å². The molecule has 19 heavy (non-hydrogen) atoms. The quantitative estimate of drug-likeness (QED) is 0.584. The Balaban J connectivity index is 2.05. The zero-order valence-electron chi connectivity index (χ0n) is 11.3. The number of unbranched alkanes of at least 4 members (excludes halogenated alkanes) is 1. The first-order chi connectivity index (χ1) is 8.97. The largest absolute Gasteiger partial charge is 0.481 e. The van der Waals surface area contributed by atoms with Crippen molar-refractivity contribution < 1.29 is 19.5 Å². The number of rotatable bonds is 8. The Morgan fingerprint density at radius 1 is 1.21 bits per heavy atom. The maximum absolute atomic E-state index is 11.5. The third kappa shape index (κ3) is 8.18. The molecule has 1 rings (SSSR count). The molecular formula is C13H22N2O4. The number of amides is 3. The fourth-order valence-corrected chi connectivity index (χ4v) is 1.92. The molecule has 0 heterocycles. The van der Waals surface area contributed by atoms with Crippen molar-refractivity contribution in [3.05, 3.63) is 0 Å². The van der Waals surface area contributed by atoms with E-state index in [4.69, 9.17) is 5.11 Å². The lowest BCUT2D eigenvalue weighted by Crippen LogP contribution is -2.43. The highest BCUT2D eigenvalue weighted by Gasteiger charge is 2.24. The number of carbonyl (C=O) groups is 3. The molecule has 1 unspecified atom stereocenters. The molecule has 0 aromatic carbocycles. The van der Waals surface area contributed by atoms with Gasteiger partial charge in [-0.1, -0.05) is 12.8 Å². The van der Waals surface area contributed by atoms with Crippen molar-refractivity contribution in [3.63, 3.8) is 0 Å². The molecule has 0 radical (unpaired) electrons. The Morgan fingerprint density at radius 2 is 1.84 bits per heavy atom. The predicted molar refractivity (Wildman–Crippen MR) is 69.6 cm³/mol. The second kappa shape index (κ2) is 7.76. The van der Waals surface area contributed by atoms with Crippen LogP contribution in [0.5, 0.6) is 0 Å². The van der Waals surface area contributed by atoms with E-state index in [1.165, 1.54) is 12.8 Å². The van der Waals surface area contributed by atoms with Crippen LogP contribution >= 0.6 is 0 Å². The third-order valence-electron chi connectivity index (χ3n) is 3.06. The molecule has 0 aliphatic heterocycles. The topological polar surface area (TPSA) is 95.5 Å². The van der Waals surface area contributed by atoms with Crippen LogP contribution < -0.4 is 10.6 Å². The van der Waals surface area contributed by atoms with Gasteiger partial charge in [0.25, 0.3) is 0 Å². The van der Waals surface area contributed by atoms with E-state index in [-0.39, 0.29) is 24.8 Å². The summed E-state index contributed by atoms with van der Waals surface area (Å²) in [4.78, 5) is 33.1. The standard InChI is InChI=1S/C13H22N2O4/c1-9(8-10-6-7-10)14-13(19)15-11(16)4-2-3-5-12(17)18/h9-10H,2-8H2,1H3,(H,17,18)(H2,14,15,16,19). The molecule has 1 fully saturated rings. The monoisotopic (exact) mass is 270 g/mol. The Morgan fingerprint density at radius 3 is 2.42 bits per heavy atom. The summed E-state index contributed by atoms with van der Waals surface area (Å²) >= 11 is 0. The first kappa shape index (κ1) is 15.5. The van der Waals surface area contributed by atoms with Gasteiger partial charge in [-0.25, -0.2) is 4.79 Å². The summed E-state index contributed by atoms with van der Waals surface area (Å²) in [6, 6.07) is -0.385. The molecule has 1 saturated carbocycles. The van der Waals surface area contributed by atoms with Gasteiger partial charge in [0.15, 0.2) is 0 Å². The molecule has 1 atom stereocenters. The molecule has 6 heteroatoms. The van der Waals surface area contributed by atoms with Crippen molar-refractivity contribution in [1.29, 1.82) is 0 Å². The van der Waals surface area contributed by atoms with Gasteiger partial charge in [-0.3, -0.25) is 14.9 Å². The molecule has 3 amide bonds. The number of imide groups is 1. The third-order valence-corrected chi connectivity index (χ3v) is 3.06. The van der Waals surface area contributed by atoms with E-state index in [1.54, 1.807) is 0 Å². The van der Waals surface area contributed by atoms with Gasteiger partial charge in [0.05, 0.1) is 0 Å². The van der Waals surface area contributed by atoms with Crippen molar-refractivity contribution in [2.75, 3.05) is 0 Å². The van der Waals surface area contributed by atoms with Crippen LogP contribution in [0.2, 0.25) is 0 Å². The number of carboxylic acid groups (broad SMARTS) is 1. The minimum atomic E-state index is -0.868. The van der Waals surface area contributed by atoms with Crippen molar-refractivity contribution in [3.8, 4) is 0 Å². The molecule has 108 valence electrons. The van der Waals surface area contributed by atoms with Crippen LogP contribution in [0.3, 0.4) is 0 Å². The number of hydrogen-bond donors (Lipinski definition) is 3. The van der Waals surface area contributed by atoms with E-state index in [0.717, 1.165) is 12.3 Å². The Hall–Kier alpha value is -1.59. The lowest BCUT2D eigenvalue weighted by Gasteiger charge is -2.13. The molecule has 0 aromatic heterocycles. The van der Waals surface area contributed by atoms with Gasteiger partial charge in [0, 0.05) is 18.9 Å². The van der Waals surface area contributed by atoms with E-state index in [1.807, 2.05) is 6.92 Å². The number of nitrogens with one attached hydrogen (secondary N) is 2. The molecule has 6 nitrogen and oxygen atoms in total. The van der Waals surface area contributed by atoms with Crippen molar-refractivity contribution in [2.45, 2.75) is 57.9 Å². The van der Waals surface area contributed by atoms with Crippen molar-refractivity contribution in [1.82, 2.24) is 10.6 Å². The average molecular weight is 270 g/mol. The number of aliphatic carboxylic acids is 1. The number of hydrogen-bond acceptors (Lipinski definition) is 3. The average Bonchev–Trinajstić information content (AvgIpc) is 3.07. The first-order valence-corrected chi connectivity index (χ1v) is 6.79. The Bertz CT molecular complexity index is 340. The zero-order valence-corrected chi connectivity index (χ0v) is 11.3. The second-order valence-electron chi connectivity index (χ2n) is 5.20. The molecule has 1 aliphatic carbocycles. The summed E-state index contributed by atoms with van der Waals surface area (Å²) in [5, 5.41) is 13.4. The van der Waals surface area contributed by atoms with Crippen LogP contribution in [-0.4, -0.2) is 29.1 Å². The lowest BCUT2D eigenvalue weighted by molar-refractivity contribution is -0.137. The van der Waals surface area contributed by atoms with Gasteiger partial charge in [-0.05, 0) is 32.1 Å². The van der Waals surface area contributed by atoms with Crippen LogP contribution in [0, 0.1) is 5.92 Å². The van der Waals surface area contributed by atoms with Gasteiger partial charge in [0.1, 0.15) is 0 Å². The summed E-state index contributed by atoms with van der Waals surface area (Å²) in [6.07, 6.45) is 4.58. The van der Waals surface area contributed by atoms with Gasteiger partial charge in [0.2, 0.25) is 5.91 Å². The Labute approximate surface area is 112 Å². The molecule has 0 aromatic rings. The fourth-order valence-electron chi connectivity index (χ4n) is 1.92. The highest BCUT2D eigenvalue weighted by molar-refractivity contribution is 5.94. The van der Waals surface area contributed by atoms with Crippen LogP contribution in [0.4, 0.5) is 4.79 Å². The van der Waals surface area contributed by atoms with Gasteiger partial charge < -0.3 is 10.4 Å². The zero-order chi connectivity index (χ0) is 14.3. The number of carbonyl (C=O) groups excluding carboxylic acids is 2. The number of urea groups is 1. The molecule has 0 saturated heterocycles. The molecule has 0 bridgehead atoms. The minimum absolute atomic E-state index is 0.0535. The van der Waals surface area contributed by atoms with E-state index >= 15 is 0 Å². The van der Waals surface area contributed by atoms with E-state index < -0.39 is 12.0 Å². The fraction of sp³-hybridized carbons (Fsp3) is 0.769. The predicted octanol–water partition coefficient (Wildman–Crippen LogP) is 1.65. The lowest BCUT2D eigenvalue weighted by atomic mass is 10.1. The van der Waals surface area contributed by atoms with Crippen LogP contribution in [0.1, 0.15) is 51.9 Å². The molecule has 1 aliphatic rings. The van der Waals surface area contributed by atoms with Gasteiger partial charge in [-0.2, -0.15) is 0 Å². The maximum Gasteiger partial charge on any atom is 0.321 e. The van der Waals surface area contributed by atoms with Crippen molar-refractivity contribution in [2.24, 2.45) is 5.92 Å². The Kier molecular flexibility index (Phi) is 6.32. The molecular weight excluding hydrogens is 248 g/mol. The SMILES string of the molecule is CC(CC1CC1)NC(=O)NC(=O)CCCCC(=O)O. The smallest absolute Gasteiger partial charge is 0.321 e. The summed E-state index contributed by atoms with van der Waals surface area (Å²) in [5.41, 5.74) is 0. The summed E-state index contributed by atoms with van der Waals surface area (Å²) in [7, 11) is 0. The normalized spacial score (nSPS) is 15.6. The summed E-state index contributed by atoms with van der Waals surface area (Å²) < 4.78 is 0. The van der Waals surface area contributed by atoms with Gasteiger partial charge in [-0.15, -0.1) is 0 Å². The summed E-state index contributed by atoms with van der Waals surface area (Å²) in [5.74, 6) is -0.504. The first-order valence-electron chi connectivity index (χ1n) is 6.79. The highest BCUT2D eigenvalue weighted by Crippen LogP contribution is 2.33. The van der Waals surface area contributed by atoms with E-state index in [0.29, 0.717) is 12.8 Å². The van der Waals surface area contributed by atoms with Crippen LogP contribution in [-0.2, 0) is 9.59 Å². The van der Waals surface area contributed by atoms with E-state index in [9.17, 15) is 14.4 Å². The van der Waals surface area contributed by atoms with Crippen LogP contribution in [0.25, 0.3) is 0 Å². The summed E-state index contributed by atoms with van der Waals surface area (Å²) in [6.45, 7) is 1.93. The molecule has 3 N–H and O–H groups in total. The highest BCUT2D eigenvalue weighted by atomic mass is 16.4. The van der Waals surface area contributed by atoms with Gasteiger partial charge >= 0.3 is 12.0 Å².